The highest BCUT2D eigenvalue weighted by molar-refractivity contribution is 5.98. The molecule has 2 atom stereocenters. The first kappa shape index (κ1) is 34.1. The minimum absolute atomic E-state index is 0.0399. The highest BCUT2D eigenvalue weighted by Gasteiger charge is 2.56. The smallest absolute Gasteiger partial charge is 0.402 e. The molecule has 2 aliphatic heterocycles. The van der Waals surface area contributed by atoms with E-state index in [1.165, 1.54) is 30.2 Å². The fourth-order valence-corrected chi connectivity index (χ4v) is 5.88. The zero-order valence-corrected chi connectivity index (χ0v) is 25.6. The number of pyridine rings is 1. The number of anilines is 1. The van der Waals surface area contributed by atoms with Gasteiger partial charge in [0.25, 0.3) is 5.91 Å². The first-order valence-corrected chi connectivity index (χ1v) is 14.7. The van der Waals surface area contributed by atoms with E-state index >= 15 is 0 Å². The van der Waals surface area contributed by atoms with E-state index in [0.717, 1.165) is 4.90 Å². The number of carbonyl (C=O) groups is 2. The van der Waals surface area contributed by atoms with Gasteiger partial charge in [-0.3, -0.25) is 14.5 Å². The van der Waals surface area contributed by atoms with Crippen LogP contribution in [0.5, 0.6) is 5.88 Å². The van der Waals surface area contributed by atoms with Crippen LogP contribution in [0.4, 0.5) is 36.6 Å². The van der Waals surface area contributed by atoms with Gasteiger partial charge >= 0.3 is 12.4 Å². The molecule has 5 heterocycles. The number of halogens is 7. The minimum atomic E-state index is -4.86. The first-order chi connectivity index (χ1) is 21.9. The van der Waals surface area contributed by atoms with Gasteiger partial charge in [0.05, 0.1) is 31.3 Å². The summed E-state index contributed by atoms with van der Waals surface area (Å²) >= 11 is 0. The molecule has 0 saturated carbocycles. The van der Waals surface area contributed by atoms with Gasteiger partial charge < -0.3 is 20.7 Å². The number of nitrogens with two attached hydrogens (primary N) is 1. The summed E-state index contributed by atoms with van der Waals surface area (Å²) in [5.41, 5.74) is 5.09. The van der Waals surface area contributed by atoms with E-state index in [1.54, 1.807) is 6.07 Å². The summed E-state index contributed by atoms with van der Waals surface area (Å²) in [5.74, 6) is -3.54. The zero-order chi connectivity index (χ0) is 34.5. The number of likely N-dealkylation sites (tertiary alicyclic amines) is 2. The quantitative estimate of drug-likeness (QED) is 0.360. The van der Waals surface area contributed by atoms with Crippen LogP contribution in [-0.2, 0) is 11.3 Å². The van der Waals surface area contributed by atoms with E-state index in [9.17, 15) is 40.3 Å². The predicted octanol–water partition coefficient (Wildman–Crippen LogP) is 4.02. The highest BCUT2D eigenvalue weighted by Crippen LogP contribution is 2.40. The maximum atomic E-state index is 14.9. The maximum Gasteiger partial charge on any atom is 0.402 e. The molecule has 0 unspecified atom stereocenters. The van der Waals surface area contributed by atoms with Crippen LogP contribution in [0.1, 0.15) is 42.6 Å². The van der Waals surface area contributed by atoms with Gasteiger partial charge in [0.2, 0.25) is 11.8 Å². The second-order valence-corrected chi connectivity index (χ2v) is 12.3. The van der Waals surface area contributed by atoms with Crippen molar-refractivity contribution in [1.82, 2.24) is 34.7 Å². The number of fused-ring (bicyclic) bond motifs is 1. The van der Waals surface area contributed by atoms with Crippen LogP contribution in [0.2, 0.25) is 0 Å². The molecular formula is C29H33F7N8O3. The fraction of sp³-hybridized carbons (Fsp3) is 0.552. The van der Waals surface area contributed by atoms with Crippen molar-refractivity contribution < 1.29 is 45.1 Å². The van der Waals surface area contributed by atoms with Gasteiger partial charge in [-0.25, -0.2) is 18.9 Å². The number of carbonyl (C=O) groups excluding carboxylic acids is 2. The monoisotopic (exact) mass is 674 g/mol. The van der Waals surface area contributed by atoms with Gasteiger partial charge in [-0.1, -0.05) is 0 Å². The van der Waals surface area contributed by atoms with Crippen molar-refractivity contribution in [2.75, 3.05) is 39.0 Å². The number of aromatic nitrogens is 4. The average Bonchev–Trinajstić information content (AvgIpc) is 3.56. The Labute approximate surface area is 264 Å². The van der Waals surface area contributed by atoms with Crippen molar-refractivity contribution in [3.8, 4) is 17.1 Å². The lowest BCUT2D eigenvalue weighted by atomic mass is 9.91. The molecule has 256 valence electrons. The third kappa shape index (κ3) is 6.64. The van der Waals surface area contributed by atoms with Crippen LogP contribution < -0.4 is 15.8 Å². The molecule has 47 heavy (non-hydrogen) atoms. The predicted molar refractivity (Wildman–Crippen MR) is 154 cm³/mol. The van der Waals surface area contributed by atoms with E-state index in [-0.39, 0.29) is 49.7 Å². The summed E-state index contributed by atoms with van der Waals surface area (Å²) in [7, 11) is 1.26. The molecule has 0 aliphatic carbocycles. The molecule has 5 rings (SSSR count). The summed E-state index contributed by atoms with van der Waals surface area (Å²) in [6.07, 6.45) is -8.43. The van der Waals surface area contributed by atoms with Crippen LogP contribution in [0.15, 0.2) is 24.7 Å². The molecule has 18 heteroatoms. The average molecular weight is 675 g/mol. The van der Waals surface area contributed by atoms with Crippen molar-refractivity contribution in [2.24, 2.45) is 11.3 Å². The lowest BCUT2D eigenvalue weighted by Crippen LogP contribution is -2.49. The minimum Gasteiger partial charge on any atom is -0.480 e. The summed E-state index contributed by atoms with van der Waals surface area (Å²) in [6.45, 7) is 0.987. The van der Waals surface area contributed by atoms with Gasteiger partial charge in [-0.05, 0) is 57.5 Å². The van der Waals surface area contributed by atoms with Gasteiger partial charge in [-0.2, -0.15) is 31.4 Å². The van der Waals surface area contributed by atoms with Gasteiger partial charge in [0.15, 0.2) is 5.82 Å². The van der Waals surface area contributed by atoms with Crippen LogP contribution in [-0.4, -0.2) is 99.1 Å². The third-order valence-electron chi connectivity index (χ3n) is 8.79. The van der Waals surface area contributed by atoms with E-state index in [0.29, 0.717) is 36.2 Å². The molecule has 3 N–H and O–H groups in total. The molecule has 3 aromatic rings. The van der Waals surface area contributed by atoms with Crippen LogP contribution in [0.3, 0.4) is 0 Å². The summed E-state index contributed by atoms with van der Waals surface area (Å²) in [6, 6.07) is 1.80. The topological polar surface area (TPSA) is 131 Å². The normalized spacial score (nSPS) is 20.2. The Morgan fingerprint density at radius 2 is 1.74 bits per heavy atom. The number of rotatable bonds is 7. The lowest BCUT2D eigenvalue weighted by molar-refractivity contribution is -0.216. The van der Waals surface area contributed by atoms with Crippen molar-refractivity contribution in [3.05, 3.63) is 35.8 Å². The molecule has 2 aliphatic rings. The molecule has 0 aromatic carbocycles. The highest BCUT2D eigenvalue weighted by atomic mass is 19.4. The van der Waals surface area contributed by atoms with Crippen LogP contribution in [0.25, 0.3) is 16.8 Å². The van der Waals surface area contributed by atoms with Gasteiger partial charge in [-0.15, -0.1) is 0 Å². The van der Waals surface area contributed by atoms with Crippen LogP contribution in [0, 0.1) is 11.3 Å². The summed E-state index contributed by atoms with van der Waals surface area (Å²) in [5, 5.41) is 6.72. The number of piperidine rings is 1. The standard InChI is InChI=1S/C29H33F7N8O3/c1-27(2,29(34,35)36)26(46)43-12-19(30)20(13-43)41-24(45)18-8-15(10-38-25(18)47-3)21-9-16(22-23(37)39-14-40-44(21)22)11-42-6-4-17(5-7-42)28(31,32)33/h8-10,14,17,19-20H,4-7,11-13H2,1-3H3,(H,41,45)(H2,37,39,40)/t19-,20+/m0/s1. The Kier molecular flexibility index (Phi) is 9.02. The van der Waals surface area contributed by atoms with Gasteiger partial charge in [0, 0.05) is 24.8 Å². The van der Waals surface area contributed by atoms with Crippen molar-refractivity contribution >= 4 is 23.1 Å². The number of hydrogen-bond acceptors (Lipinski definition) is 8. The second-order valence-electron chi connectivity index (χ2n) is 12.3. The first-order valence-electron chi connectivity index (χ1n) is 14.7. The number of nitrogens with zero attached hydrogens (tertiary/aromatic N) is 6. The largest absolute Gasteiger partial charge is 0.480 e. The van der Waals surface area contributed by atoms with Crippen molar-refractivity contribution in [2.45, 2.75) is 57.8 Å². The Morgan fingerprint density at radius 1 is 1.06 bits per heavy atom. The van der Waals surface area contributed by atoms with Crippen molar-refractivity contribution in [1.29, 1.82) is 0 Å². The lowest BCUT2D eigenvalue weighted by Gasteiger charge is -2.32. The fourth-order valence-electron chi connectivity index (χ4n) is 5.88. The zero-order valence-electron chi connectivity index (χ0n) is 25.6. The van der Waals surface area contributed by atoms with E-state index in [2.05, 4.69) is 20.4 Å². The number of nitrogens with one attached hydrogen (secondary N) is 1. The number of hydrogen-bond donors (Lipinski definition) is 2. The second kappa shape index (κ2) is 12.4. The molecule has 2 amide bonds. The Bertz CT molecular complexity index is 1650. The Morgan fingerprint density at radius 3 is 2.36 bits per heavy atom. The SMILES string of the molecule is COc1ncc(-c2cc(CN3CCC(C(F)(F)F)CC3)c3c(N)ncnn23)cc1C(=O)N[C@@H]1CN(C(=O)C(C)(C)C(F)(F)F)C[C@@H]1F. The van der Waals surface area contributed by atoms with Gasteiger partial charge in [0.1, 0.15) is 29.0 Å². The third-order valence-corrected chi connectivity index (χ3v) is 8.79. The molecule has 0 bridgehead atoms. The maximum absolute atomic E-state index is 14.9. The number of methoxy groups -OCH3 is 1. The van der Waals surface area contributed by atoms with E-state index < -0.39 is 60.8 Å². The number of amides is 2. The van der Waals surface area contributed by atoms with Crippen molar-refractivity contribution in [3.63, 3.8) is 0 Å². The molecular weight excluding hydrogens is 641 g/mol. The molecule has 2 fully saturated rings. The Balaban J connectivity index is 1.39. The van der Waals surface area contributed by atoms with Crippen LogP contribution >= 0.6 is 0 Å². The molecule has 11 nitrogen and oxygen atoms in total. The number of nitrogen functional groups attached to an aromatic ring is 1. The van der Waals surface area contributed by atoms with E-state index in [1.807, 2.05) is 4.90 Å². The molecule has 0 spiro atoms. The number of alkyl halides is 7. The molecule has 3 aromatic heterocycles. The molecule has 2 saturated heterocycles. The summed E-state index contributed by atoms with van der Waals surface area (Å²) in [4.78, 5) is 36.9. The van der Waals surface area contributed by atoms with E-state index in [4.69, 9.17) is 10.5 Å². The summed E-state index contributed by atoms with van der Waals surface area (Å²) < 4.78 is 101. The Hall–Kier alpha value is -4.22. The number of ether oxygens (including phenoxy) is 1. The molecule has 0 radical (unpaired) electrons.